The van der Waals surface area contributed by atoms with Crippen molar-refractivity contribution in [2.45, 2.75) is 18.4 Å². The molecule has 0 aliphatic rings. The fourth-order valence-corrected chi connectivity index (χ4v) is 4.31. The summed E-state index contributed by atoms with van der Waals surface area (Å²) in [4.78, 5) is 12.5. The standard InChI is InChI=1S/C28H25N3O4S/c1-21-7-9-23(10-8-21)20-35-26-17-11-22(12-18-26)19-29-30-28(32)24-13-15-25(16-14-24)31-36(33,34)27-5-3-2-4-6-27/h2-19,31H,20H2,1H3,(H,30,32)/b29-19+. The van der Waals surface area contributed by atoms with Crippen LogP contribution in [0.5, 0.6) is 5.75 Å². The van der Waals surface area contributed by atoms with E-state index in [2.05, 4.69) is 15.2 Å². The number of ether oxygens (including phenoxy) is 1. The van der Waals surface area contributed by atoms with E-state index in [0.29, 0.717) is 17.9 Å². The van der Waals surface area contributed by atoms with Gasteiger partial charge in [0.1, 0.15) is 12.4 Å². The van der Waals surface area contributed by atoms with E-state index in [4.69, 9.17) is 4.74 Å². The molecule has 7 nitrogen and oxygen atoms in total. The number of sulfonamides is 1. The molecule has 4 rings (SSSR count). The first-order valence-electron chi connectivity index (χ1n) is 11.2. The minimum Gasteiger partial charge on any atom is -0.489 e. The maximum Gasteiger partial charge on any atom is 0.271 e. The molecule has 0 atom stereocenters. The molecule has 0 saturated carbocycles. The van der Waals surface area contributed by atoms with Crippen LogP contribution in [0.25, 0.3) is 0 Å². The number of carbonyl (C=O) groups excluding carboxylic acids is 1. The molecule has 0 heterocycles. The number of benzene rings is 4. The van der Waals surface area contributed by atoms with Crippen molar-refractivity contribution >= 4 is 27.8 Å². The van der Waals surface area contributed by atoms with Crippen LogP contribution in [-0.4, -0.2) is 20.5 Å². The Balaban J connectivity index is 1.27. The highest BCUT2D eigenvalue weighted by Crippen LogP contribution is 2.17. The predicted octanol–water partition coefficient (Wildman–Crippen LogP) is 5.14. The van der Waals surface area contributed by atoms with Crippen LogP contribution >= 0.6 is 0 Å². The Morgan fingerprint density at radius 2 is 1.53 bits per heavy atom. The van der Waals surface area contributed by atoms with Crippen LogP contribution in [-0.2, 0) is 16.6 Å². The summed E-state index contributed by atoms with van der Waals surface area (Å²) in [5.74, 6) is 0.321. The monoisotopic (exact) mass is 499 g/mol. The molecule has 4 aromatic rings. The highest BCUT2D eigenvalue weighted by Gasteiger charge is 2.13. The number of aryl methyl sites for hydroxylation is 1. The number of nitrogens with zero attached hydrogens (tertiary/aromatic N) is 1. The summed E-state index contributed by atoms with van der Waals surface area (Å²) in [6.07, 6.45) is 1.53. The van der Waals surface area contributed by atoms with Crippen molar-refractivity contribution in [3.05, 3.63) is 125 Å². The van der Waals surface area contributed by atoms with Gasteiger partial charge < -0.3 is 4.74 Å². The third-order valence-electron chi connectivity index (χ3n) is 5.24. The first-order valence-corrected chi connectivity index (χ1v) is 12.7. The molecule has 0 radical (unpaired) electrons. The van der Waals surface area contributed by atoms with E-state index in [9.17, 15) is 13.2 Å². The normalized spacial score (nSPS) is 11.2. The van der Waals surface area contributed by atoms with Crippen LogP contribution in [0.1, 0.15) is 27.0 Å². The third kappa shape index (κ3) is 6.80. The van der Waals surface area contributed by atoms with E-state index in [0.717, 1.165) is 16.9 Å². The van der Waals surface area contributed by atoms with Gasteiger partial charge in [-0.1, -0.05) is 48.0 Å². The van der Waals surface area contributed by atoms with Crippen molar-refractivity contribution in [3.8, 4) is 5.75 Å². The van der Waals surface area contributed by atoms with Crippen LogP contribution in [0.2, 0.25) is 0 Å². The van der Waals surface area contributed by atoms with Crippen molar-refractivity contribution in [2.75, 3.05) is 4.72 Å². The van der Waals surface area contributed by atoms with Gasteiger partial charge in [-0.3, -0.25) is 9.52 Å². The fraction of sp³-hybridized carbons (Fsp3) is 0.0714. The maximum absolute atomic E-state index is 12.4. The minimum absolute atomic E-state index is 0.159. The van der Waals surface area contributed by atoms with Crippen molar-refractivity contribution in [1.29, 1.82) is 0 Å². The number of hydrazone groups is 1. The Hall–Kier alpha value is -4.43. The number of nitrogens with one attached hydrogen (secondary N) is 2. The Bertz CT molecular complexity index is 1430. The zero-order valence-corrected chi connectivity index (χ0v) is 20.4. The number of rotatable bonds is 9. The van der Waals surface area contributed by atoms with Gasteiger partial charge in [0.2, 0.25) is 0 Å². The average molecular weight is 500 g/mol. The zero-order chi connectivity index (χ0) is 25.4. The minimum atomic E-state index is -3.70. The SMILES string of the molecule is Cc1ccc(COc2ccc(/C=N/NC(=O)c3ccc(NS(=O)(=O)c4ccccc4)cc3)cc2)cc1. The van der Waals surface area contributed by atoms with Crippen molar-refractivity contribution < 1.29 is 17.9 Å². The molecule has 0 bridgehead atoms. The molecule has 36 heavy (non-hydrogen) atoms. The first-order chi connectivity index (χ1) is 17.4. The Morgan fingerprint density at radius 1 is 0.861 bits per heavy atom. The highest BCUT2D eigenvalue weighted by atomic mass is 32.2. The van der Waals surface area contributed by atoms with Gasteiger partial charge in [-0.2, -0.15) is 5.10 Å². The molecular weight excluding hydrogens is 474 g/mol. The molecule has 8 heteroatoms. The summed E-state index contributed by atoms with van der Waals surface area (Å²) in [5.41, 5.74) is 6.25. The summed E-state index contributed by atoms with van der Waals surface area (Å²) in [7, 11) is -3.70. The van der Waals surface area contributed by atoms with Crippen LogP contribution in [0.4, 0.5) is 5.69 Å². The molecule has 0 fully saturated rings. The third-order valence-corrected chi connectivity index (χ3v) is 6.64. The zero-order valence-electron chi connectivity index (χ0n) is 19.6. The number of hydrogen-bond acceptors (Lipinski definition) is 5. The molecule has 0 aromatic heterocycles. The van der Waals surface area contributed by atoms with Gasteiger partial charge in [0.15, 0.2) is 0 Å². The molecule has 0 spiro atoms. The molecule has 2 N–H and O–H groups in total. The summed E-state index contributed by atoms with van der Waals surface area (Å²) >= 11 is 0. The van der Waals surface area contributed by atoms with E-state index >= 15 is 0 Å². The Morgan fingerprint density at radius 3 is 2.19 bits per heavy atom. The van der Waals surface area contributed by atoms with Gasteiger partial charge >= 0.3 is 0 Å². The predicted molar refractivity (Wildman–Crippen MR) is 141 cm³/mol. The fourth-order valence-electron chi connectivity index (χ4n) is 3.23. The van der Waals surface area contributed by atoms with Gasteiger partial charge in [0.05, 0.1) is 11.1 Å². The molecule has 1 amide bonds. The van der Waals surface area contributed by atoms with E-state index in [1.54, 1.807) is 18.2 Å². The average Bonchev–Trinajstić information content (AvgIpc) is 2.90. The van der Waals surface area contributed by atoms with Crippen LogP contribution in [0, 0.1) is 6.92 Å². The first kappa shape index (κ1) is 24.7. The number of anilines is 1. The van der Waals surface area contributed by atoms with E-state index < -0.39 is 15.9 Å². The van der Waals surface area contributed by atoms with E-state index in [1.165, 1.54) is 48.2 Å². The molecule has 4 aromatic carbocycles. The topological polar surface area (TPSA) is 96.9 Å². The largest absolute Gasteiger partial charge is 0.489 e. The van der Waals surface area contributed by atoms with Crippen molar-refractivity contribution in [2.24, 2.45) is 5.10 Å². The number of carbonyl (C=O) groups is 1. The van der Waals surface area contributed by atoms with Crippen molar-refractivity contribution in [3.63, 3.8) is 0 Å². The maximum atomic E-state index is 12.4. The van der Waals surface area contributed by atoms with E-state index in [-0.39, 0.29) is 4.90 Å². The van der Waals surface area contributed by atoms with Gasteiger partial charge in [-0.05, 0) is 78.7 Å². The van der Waals surface area contributed by atoms with E-state index in [1.807, 2.05) is 55.5 Å². The Kier molecular flexibility index (Phi) is 7.77. The van der Waals surface area contributed by atoms with Gasteiger partial charge in [-0.25, -0.2) is 13.8 Å². The summed E-state index contributed by atoms with van der Waals surface area (Å²) in [6, 6.07) is 29.7. The molecule has 182 valence electrons. The quantitative estimate of drug-likeness (QED) is 0.246. The second-order valence-electron chi connectivity index (χ2n) is 8.04. The van der Waals surface area contributed by atoms with Gasteiger partial charge in [0, 0.05) is 11.3 Å². The second kappa shape index (κ2) is 11.3. The van der Waals surface area contributed by atoms with Crippen LogP contribution in [0.3, 0.4) is 0 Å². The van der Waals surface area contributed by atoms with Crippen LogP contribution in [0.15, 0.2) is 113 Å². The lowest BCUT2D eigenvalue weighted by Crippen LogP contribution is -2.18. The molecular formula is C28H25N3O4S. The Labute approximate surface area is 210 Å². The molecule has 0 aliphatic heterocycles. The van der Waals surface area contributed by atoms with Crippen molar-refractivity contribution in [1.82, 2.24) is 5.43 Å². The van der Waals surface area contributed by atoms with Gasteiger partial charge in [0.25, 0.3) is 15.9 Å². The summed E-state index contributed by atoms with van der Waals surface area (Å²) in [6.45, 7) is 2.53. The number of amides is 1. The summed E-state index contributed by atoms with van der Waals surface area (Å²) < 4.78 is 33.1. The molecule has 0 aliphatic carbocycles. The smallest absolute Gasteiger partial charge is 0.271 e. The lowest BCUT2D eigenvalue weighted by Gasteiger charge is -2.08. The molecule has 0 saturated heterocycles. The molecule has 0 unspecified atom stereocenters. The van der Waals surface area contributed by atoms with Crippen LogP contribution < -0.4 is 14.9 Å². The lowest BCUT2D eigenvalue weighted by atomic mass is 10.2. The second-order valence-corrected chi connectivity index (χ2v) is 9.72. The number of hydrogen-bond donors (Lipinski definition) is 2. The highest BCUT2D eigenvalue weighted by molar-refractivity contribution is 7.92. The lowest BCUT2D eigenvalue weighted by molar-refractivity contribution is 0.0955. The van der Waals surface area contributed by atoms with Gasteiger partial charge in [-0.15, -0.1) is 0 Å². The summed E-state index contributed by atoms with van der Waals surface area (Å²) in [5, 5.41) is 3.99.